The van der Waals surface area contributed by atoms with Gasteiger partial charge in [0.1, 0.15) is 11.5 Å². The van der Waals surface area contributed by atoms with Gasteiger partial charge < -0.3 is 9.47 Å². The summed E-state index contributed by atoms with van der Waals surface area (Å²) in [7, 11) is 3.33. The summed E-state index contributed by atoms with van der Waals surface area (Å²) < 4.78 is 12.8. The molecule has 0 radical (unpaired) electrons. The lowest BCUT2D eigenvalue weighted by Gasteiger charge is -2.10. The third-order valence-electron chi connectivity index (χ3n) is 3.88. The molecule has 0 amide bonds. The summed E-state index contributed by atoms with van der Waals surface area (Å²) in [6, 6.07) is 15.8. The minimum absolute atomic E-state index is 0.626. The first-order valence-electron chi connectivity index (χ1n) is 8.20. The van der Waals surface area contributed by atoms with Crippen LogP contribution in [0.15, 0.2) is 66.3 Å². The highest BCUT2D eigenvalue weighted by Gasteiger charge is 2.16. The van der Waals surface area contributed by atoms with Crippen LogP contribution < -0.4 is 9.47 Å². The number of ether oxygens (including phenoxy) is 2. The van der Waals surface area contributed by atoms with Crippen molar-refractivity contribution in [3.8, 4) is 22.9 Å². The molecule has 0 atom stereocenters. The van der Waals surface area contributed by atoms with Crippen molar-refractivity contribution in [3.63, 3.8) is 0 Å². The molecule has 134 valence electrons. The second-order valence-electron chi connectivity index (χ2n) is 5.55. The number of benzene rings is 2. The van der Waals surface area contributed by atoms with Crippen molar-refractivity contribution in [3.05, 3.63) is 66.7 Å². The number of methoxy groups -OCH3 is 2. The fraction of sp³-hybridized carbons (Fsp3) is 0.200. The van der Waals surface area contributed by atoms with Gasteiger partial charge in [-0.05, 0) is 29.8 Å². The lowest BCUT2D eigenvalue weighted by Crippen LogP contribution is -2.01. The molecule has 0 bridgehead atoms. The molecule has 0 spiro atoms. The largest absolute Gasteiger partial charge is 0.497 e. The summed E-state index contributed by atoms with van der Waals surface area (Å²) in [6.45, 7) is 4.49. The molecule has 26 heavy (non-hydrogen) atoms. The van der Waals surface area contributed by atoms with Crippen molar-refractivity contribution in [1.82, 2.24) is 14.8 Å². The molecule has 0 saturated heterocycles. The Morgan fingerprint density at radius 3 is 2.69 bits per heavy atom. The van der Waals surface area contributed by atoms with Crippen LogP contribution in [-0.2, 0) is 12.3 Å². The van der Waals surface area contributed by atoms with Crippen molar-refractivity contribution >= 4 is 11.8 Å². The van der Waals surface area contributed by atoms with Crippen LogP contribution in [0.4, 0.5) is 0 Å². The van der Waals surface area contributed by atoms with Gasteiger partial charge in [-0.1, -0.05) is 42.1 Å². The SMILES string of the molecule is C=CCn1c(SCc2cccc(OC)c2)nnc1-c1ccccc1OC. The van der Waals surface area contributed by atoms with Crippen LogP contribution in [-0.4, -0.2) is 29.0 Å². The topological polar surface area (TPSA) is 49.2 Å². The van der Waals surface area contributed by atoms with E-state index in [1.54, 1.807) is 26.0 Å². The van der Waals surface area contributed by atoms with E-state index in [2.05, 4.69) is 27.4 Å². The number of allylic oxidation sites excluding steroid dienone is 1. The maximum Gasteiger partial charge on any atom is 0.192 e. The van der Waals surface area contributed by atoms with E-state index in [0.717, 1.165) is 33.8 Å². The van der Waals surface area contributed by atoms with Crippen LogP contribution in [0.1, 0.15) is 5.56 Å². The van der Waals surface area contributed by atoms with Crippen molar-refractivity contribution in [2.75, 3.05) is 14.2 Å². The Kier molecular flexibility index (Phi) is 5.96. The normalized spacial score (nSPS) is 10.5. The van der Waals surface area contributed by atoms with E-state index in [4.69, 9.17) is 9.47 Å². The maximum absolute atomic E-state index is 5.47. The van der Waals surface area contributed by atoms with Gasteiger partial charge in [0.15, 0.2) is 11.0 Å². The van der Waals surface area contributed by atoms with Crippen LogP contribution in [0.3, 0.4) is 0 Å². The van der Waals surface area contributed by atoms with Gasteiger partial charge in [0, 0.05) is 12.3 Å². The molecule has 2 aromatic carbocycles. The van der Waals surface area contributed by atoms with Crippen LogP contribution in [0.5, 0.6) is 11.5 Å². The standard InChI is InChI=1S/C20H21N3O2S/c1-4-12-23-19(17-10-5-6-11-18(17)25-3)21-22-20(23)26-14-15-8-7-9-16(13-15)24-2/h4-11,13H,1,12,14H2,2-3H3. The third kappa shape index (κ3) is 3.91. The fourth-order valence-corrected chi connectivity index (χ4v) is 3.52. The molecule has 6 heteroatoms. The number of para-hydroxylation sites is 1. The third-order valence-corrected chi connectivity index (χ3v) is 4.92. The van der Waals surface area contributed by atoms with Crippen molar-refractivity contribution in [2.45, 2.75) is 17.5 Å². The average Bonchev–Trinajstić information content (AvgIpc) is 3.09. The molecule has 5 nitrogen and oxygen atoms in total. The predicted molar refractivity (Wildman–Crippen MR) is 105 cm³/mol. The van der Waals surface area contributed by atoms with E-state index in [1.807, 2.05) is 48.5 Å². The molecule has 0 aliphatic carbocycles. The van der Waals surface area contributed by atoms with Gasteiger partial charge in [-0.25, -0.2) is 0 Å². The Morgan fingerprint density at radius 2 is 1.92 bits per heavy atom. The van der Waals surface area contributed by atoms with E-state index < -0.39 is 0 Å². The van der Waals surface area contributed by atoms with Crippen LogP contribution in [0, 0.1) is 0 Å². The number of nitrogens with zero attached hydrogens (tertiary/aromatic N) is 3. The molecule has 0 unspecified atom stereocenters. The number of hydrogen-bond donors (Lipinski definition) is 0. The van der Waals surface area contributed by atoms with Gasteiger partial charge in [-0.15, -0.1) is 16.8 Å². The average molecular weight is 367 g/mol. The Bertz CT molecular complexity index is 892. The Balaban J connectivity index is 1.88. The summed E-state index contributed by atoms with van der Waals surface area (Å²) in [5, 5.41) is 9.63. The zero-order valence-electron chi connectivity index (χ0n) is 14.9. The Hall–Kier alpha value is -2.73. The number of thioether (sulfide) groups is 1. The minimum Gasteiger partial charge on any atom is -0.497 e. The summed E-state index contributed by atoms with van der Waals surface area (Å²) in [4.78, 5) is 0. The summed E-state index contributed by atoms with van der Waals surface area (Å²) in [5.41, 5.74) is 2.08. The predicted octanol–water partition coefficient (Wildman–Crippen LogP) is 4.44. The molecule has 0 N–H and O–H groups in total. The quantitative estimate of drug-likeness (QED) is 0.435. The van der Waals surface area contributed by atoms with Gasteiger partial charge in [0.25, 0.3) is 0 Å². The maximum atomic E-state index is 5.47. The molecule has 0 fully saturated rings. The van der Waals surface area contributed by atoms with Gasteiger partial charge in [-0.2, -0.15) is 0 Å². The van der Waals surface area contributed by atoms with Gasteiger partial charge >= 0.3 is 0 Å². The van der Waals surface area contributed by atoms with Gasteiger partial charge in [-0.3, -0.25) is 4.57 Å². The number of hydrogen-bond acceptors (Lipinski definition) is 5. The smallest absolute Gasteiger partial charge is 0.192 e. The van der Waals surface area contributed by atoms with Crippen molar-refractivity contribution in [1.29, 1.82) is 0 Å². The van der Waals surface area contributed by atoms with Crippen molar-refractivity contribution < 1.29 is 9.47 Å². The highest BCUT2D eigenvalue weighted by atomic mass is 32.2. The lowest BCUT2D eigenvalue weighted by molar-refractivity contribution is 0.414. The Labute approximate surface area is 157 Å². The second kappa shape index (κ2) is 8.58. The molecular formula is C20H21N3O2S. The Morgan fingerprint density at radius 1 is 1.08 bits per heavy atom. The van der Waals surface area contributed by atoms with Crippen LogP contribution >= 0.6 is 11.8 Å². The second-order valence-corrected chi connectivity index (χ2v) is 6.49. The zero-order valence-corrected chi connectivity index (χ0v) is 15.7. The van der Waals surface area contributed by atoms with E-state index >= 15 is 0 Å². The van der Waals surface area contributed by atoms with E-state index in [-0.39, 0.29) is 0 Å². The first-order chi connectivity index (χ1) is 12.8. The molecule has 0 aliphatic heterocycles. The zero-order chi connectivity index (χ0) is 18.4. The highest BCUT2D eigenvalue weighted by Crippen LogP contribution is 2.32. The minimum atomic E-state index is 0.626. The summed E-state index contributed by atoms with van der Waals surface area (Å²) >= 11 is 1.63. The van der Waals surface area contributed by atoms with E-state index in [9.17, 15) is 0 Å². The molecule has 0 aliphatic rings. The number of rotatable bonds is 8. The van der Waals surface area contributed by atoms with Gasteiger partial charge in [0.2, 0.25) is 0 Å². The van der Waals surface area contributed by atoms with Gasteiger partial charge in [0.05, 0.1) is 19.8 Å². The number of aromatic nitrogens is 3. The van der Waals surface area contributed by atoms with E-state index in [1.165, 1.54) is 5.56 Å². The molecule has 0 saturated carbocycles. The molecule has 1 heterocycles. The summed E-state index contributed by atoms with van der Waals surface area (Å²) in [6.07, 6.45) is 1.85. The summed E-state index contributed by atoms with van der Waals surface area (Å²) in [5.74, 6) is 3.17. The lowest BCUT2D eigenvalue weighted by atomic mass is 10.2. The molecule has 3 rings (SSSR count). The molecular weight excluding hydrogens is 346 g/mol. The van der Waals surface area contributed by atoms with Crippen molar-refractivity contribution in [2.24, 2.45) is 0 Å². The molecule has 3 aromatic rings. The van der Waals surface area contributed by atoms with Crippen LogP contribution in [0.25, 0.3) is 11.4 Å². The van der Waals surface area contributed by atoms with E-state index in [0.29, 0.717) is 6.54 Å². The fourth-order valence-electron chi connectivity index (χ4n) is 2.63. The highest BCUT2D eigenvalue weighted by molar-refractivity contribution is 7.98. The first-order valence-corrected chi connectivity index (χ1v) is 9.18. The molecule has 1 aromatic heterocycles. The first kappa shape index (κ1) is 18.1. The van der Waals surface area contributed by atoms with Crippen LogP contribution in [0.2, 0.25) is 0 Å². The monoisotopic (exact) mass is 367 g/mol.